The van der Waals surface area contributed by atoms with Crippen LogP contribution < -0.4 is 16.1 Å². The molecule has 0 bridgehead atoms. The number of nitriles is 2. The van der Waals surface area contributed by atoms with Gasteiger partial charge in [-0.05, 0) is 23.8 Å². The van der Waals surface area contributed by atoms with Crippen molar-refractivity contribution in [3.8, 4) is 17.9 Å². The zero-order chi connectivity index (χ0) is 18.3. The number of benzene rings is 2. The molecule has 3 aromatic rings. The van der Waals surface area contributed by atoms with Gasteiger partial charge in [0.1, 0.15) is 17.2 Å². The van der Waals surface area contributed by atoms with Crippen molar-refractivity contribution in [3.05, 3.63) is 87.1 Å². The fourth-order valence-electron chi connectivity index (χ4n) is 3.23. The van der Waals surface area contributed by atoms with Gasteiger partial charge in [0.25, 0.3) is 0 Å². The minimum Gasteiger partial charge on any atom is -0.439 e. The third-order valence-electron chi connectivity index (χ3n) is 4.37. The van der Waals surface area contributed by atoms with Crippen molar-refractivity contribution >= 4 is 11.0 Å². The van der Waals surface area contributed by atoms with Gasteiger partial charge < -0.3 is 14.9 Å². The Kier molecular flexibility index (Phi) is 3.46. The normalized spacial score (nSPS) is 15.7. The lowest BCUT2D eigenvalue weighted by Gasteiger charge is -2.26. The number of allylic oxidation sites excluding steroid dienone is 1. The quantitative estimate of drug-likeness (QED) is 0.681. The molecular formula is C20H11N3O3. The number of ether oxygens (including phenoxy) is 1. The maximum Gasteiger partial charge on any atom is 0.344 e. The van der Waals surface area contributed by atoms with Crippen molar-refractivity contribution in [1.82, 2.24) is 0 Å². The van der Waals surface area contributed by atoms with Gasteiger partial charge in [0.2, 0.25) is 5.88 Å². The van der Waals surface area contributed by atoms with Gasteiger partial charge >= 0.3 is 5.63 Å². The molecule has 0 amide bonds. The molecule has 1 aromatic heterocycles. The second-order valence-electron chi connectivity index (χ2n) is 5.75. The topological polar surface area (TPSA) is 113 Å². The van der Waals surface area contributed by atoms with Crippen LogP contribution in [0, 0.1) is 22.7 Å². The van der Waals surface area contributed by atoms with Crippen LogP contribution in [0.2, 0.25) is 0 Å². The van der Waals surface area contributed by atoms with Gasteiger partial charge in [-0.1, -0.05) is 30.3 Å². The summed E-state index contributed by atoms with van der Waals surface area (Å²) in [5.74, 6) is -0.667. The largest absolute Gasteiger partial charge is 0.439 e. The zero-order valence-corrected chi connectivity index (χ0v) is 13.4. The Bertz CT molecular complexity index is 1230. The van der Waals surface area contributed by atoms with E-state index >= 15 is 0 Å². The zero-order valence-electron chi connectivity index (χ0n) is 13.4. The summed E-state index contributed by atoms with van der Waals surface area (Å²) in [5, 5.41) is 19.6. The van der Waals surface area contributed by atoms with Gasteiger partial charge in [-0.25, -0.2) is 4.79 Å². The molecule has 26 heavy (non-hydrogen) atoms. The van der Waals surface area contributed by atoms with E-state index in [9.17, 15) is 15.3 Å². The monoisotopic (exact) mass is 341 g/mol. The van der Waals surface area contributed by atoms with Crippen molar-refractivity contribution in [1.29, 1.82) is 10.5 Å². The number of rotatable bonds is 1. The van der Waals surface area contributed by atoms with Gasteiger partial charge in [0.15, 0.2) is 5.75 Å². The van der Waals surface area contributed by atoms with Crippen LogP contribution in [-0.4, -0.2) is 0 Å². The molecule has 6 heteroatoms. The van der Waals surface area contributed by atoms with Crippen molar-refractivity contribution in [2.24, 2.45) is 5.73 Å². The maximum absolute atomic E-state index is 12.7. The number of nitrogens with zero attached hydrogens (tertiary/aromatic N) is 2. The number of fused-ring (bicyclic) bond motifs is 3. The third-order valence-corrected chi connectivity index (χ3v) is 4.37. The Balaban J connectivity index is 2.13. The summed E-state index contributed by atoms with van der Waals surface area (Å²) in [7, 11) is 0. The lowest BCUT2D eigenvalue weighted by atomic mass is 9.82. The van der Waals surface area contributed by atoms with E-state index in [1.54, 1.807) is 48.5 Å². The molecule has 0 saturated heterocycles. The Morgan fingerprint density at radius 2 is 1.73 bits per heavy atom. The van der Waals surface area contributed by atoms with Crippen molar-refractivity contribution in [2.45, 2.75) is 5.92 Å². The van der Waals surface area contributed by atoms with Crippen molar-refractivity contribution < 1.29 is 9.15 Å². The average molecular weight is 341 g/mol. The highest BCUT2D eigenvalue weighted by molar-refractivity contribution is 5.86. The van der Waals surface area contributed by atoms with Crippen molar-refractivity contribution in [2.75, 3.05) is 0 Å². The number of para-hydroxylation sites is 1. The van der Waals surface area contributed by atoms with E-state index in [1.165, 1.54) is 0 Å². The summed E-state index contributed by atoms with van der Waals surface area (Å²) in [5.41, 5.74) is 6.80. The molecule has 1 unspecified atom stereocenters. The standard InChI is InChI=1S/C20H11N3O3/c21-9-11-5-1-2-6-12(11)16-14(10-22)19(23)26-18-13-7-3-4-8-15(13)25-20(24)17(16)18/h1-8,16H,23H2. The first kappa shape index (κ1) is 15.5. The fraction of sp³-hybridized carbons (Fsp3) is 0.0500. The maximum atomic E-state index is 12.7. The summed E-state index contributed by atoms with van der Waals surface area (Å²) in [6.07, 6.45) is 0. The molecule has 0 fully saturated rings. The molecule has 0 saturated carbocycles. The Morgan fingerprint density at radius 1 is 1.00 bits per heavy atom. The fourth-order valence-corrected chi connectivity index (χ4v) is 3.23. The molecule has 1 aliphatic heterocycles. The summed E-state index contributed by atoms with van der Waals surface area (Å²) in [4.78, 5) is 12.7. The smallest absolute Gasteiger partial charge is 0.344 e. The second kappa shape index (κ2) is 5.80. The van der Waals surface area contributed by atoms with Crippen molar-refractivity contribution in [3.63, 3.8) is 0 Å². The van der Waals surface area contributed by atoms with Crippen LogP contribution in [0.15, 0.2) is 69.2 Å². The molecule has 124 valence electrons. The lowest BCUT2D eigenvalue weighted by molar-refractivity contribution is 0.388. The first-order valence-corrected chi connectivity index (χ1v) is 7.78. The summed E-state index contributed by atoms with van der Waals surface area (Å²) < 4.78 is 11.1. The molecular weight excluding hydrogens is 330 g/mol. The van der Waals surface area contributed by atoms with Gasteiger partial charge in [-0.3, -0.25) is 0 Å². The van der Waals surface area contributed by atoms with E-state index in [0.29, 0.717) is 22.1 Å². The minimum absolute atomic E-state index is 0.0720. The van der Waals surface area contributed by atoms with E-state index in [1.807, 2.05) is 6.07 Å². The highest BCUT2D eigenvalue weighted by Gasteiger charge is 2.36. The SMILES string of the molecule is N#CC1=C(N)Oc2c(c(=O)oc3ccccc23)C1c1ccccc1C#N. The number of hydrogen-bond donors (Lipinski definition) is 1. The molecule has 2 N–H and O–H groups in total. The first-order chi connectivity index (χ1) is 12.7. The number of hydrogen-bond acceptors (Lipinski definition) is 6. The Hall–Kier alpha value is -4.03. The highest BCUT2D eigenvalue weighted by atomic mass is 16.5. The van der Waals surface area contributed by atoms with E-state index in [-0.39, 0.29) is 22.8 Å². The molecule has 1 aliphatic rings. The summed E-state index contributed by atoms with van der Waals surface area (Å²) in [6.45, 7) is 0. The van der Waals surface area contributed by atoms with Crippen LogP contribution in [0.5, 0.6) is 5.75 Å². The molecule has 4 rings (SSSR count). The summed E-state index contributed by atoms with van der Waals surface area (Å²) >= 11 is 0. The van der Waals surface area contributed by atoms with E-state index in [4.69, 9.17) is 14.9 Å². The van der Waals surface area contributed by atoms with Crippen LogP contribution >= 0.6 is 0 Å². The molecule has 6 nitrogen and oxygen atoms in total. The van der Waals surface area contributed by atoms with E-state index < -0.39 is 11.5 Å². The molecule has 2 heterocycles. The predicted molar refractivity (Wildman–Crippen MR) is 92.9 cm³/mol. The number of nitrogens with two attached hydrogens (primary N) is 1. The highest BCUT2D eigenvalue weighted by Crippen LogP contribution is 2.44. The molecule has 0 spiro atoms. The van der Waals surface area contributed by atoms with Crippen LogP contribution in [0.3, 0.4) is 0 Å². The molecule has 1 atom stereocenters. The van der Waals surface area contributed by atoms with E-state index in [2.05, 4.69) is 6.07 Å². The Labute approximate surface area is 148 Å². The first-order valence-electron chi connectivity index (χ1n) is 7.78. The predicted octanol–water partition coefficient (Wildman–Crippen LogP) is 2.88. The minimum atomic E-state index is -0.833. The van der Waals surface area contributed by atoms with E-state index in [0.717, 1.165) is 0 Å². The molecule has 2 aromatic carbocycles. The lowest BCUT2D eigenvalue weighted by Crippen LogP contribution is -2.26. The van der Waals surface area contributed by atoms with Crippen LogP contribution in [0.1, 0.15) is 22.6 Å². The van der Waals surface area contributed by atoms with Crippen LogP contribution in [-0.2, 0) is 0 Å². The average Bonchev–Trinajstić information content (AvgIpc) is 2.67. The summed E-state index contributed by atoms with van der Waals surface area (Å²) in [6, 6.07) is 17.8. The third kappa shape index (κ3) is 2.14. The van der Waals surface area contributed by atoms with Gasteiger partial charge in [0.05, 0.1) is 28.5 Å². The van der Waals surface area contributed by atoms with Gasteiger partial charge in [-0.2, -0.15) is 10.5 Å². The molecule has 0 aliphatic carbocycles. The van der Waals surface area contributed by atoms with Crippen LogP contribution in [0.25, 0.3) is 11.0 Å². The molecule has 0 radical (unpaired) electrons. The van der Waals surface area contributed by atoms with Gasteiger partial charge in [0, 0.05) is 0 Å². The van der Waals surface area contributed by atoms with Gasteiger partial charge in [-0.15, -0.1) is 0 Å². The Morgan fingerprint density at radius 3 is 2.50 bits per heavy atom. The second-order valence-corrected chi connectivity index (χ2v) is 5.75. The van der Waals surface area contributed by atoms with Crippen LogP contribution in [0.4, 0.5) is 0 Å².